The Labute approximate surface area is 449 Å². The maximum atomic E-state index is 7.43. The Kier molecular flexibility index (Phi) is 10.3. The molecule has 4 fully saturated rings. The van der Waals surface area contributed by atoms with Gasteiger partial charge in [0, 0.05) is 67.4 Å². The third kappa shape index (κ3) is 7.00. The van der Waals surface area contributed by atoms with E-state index in [9.17, 15) is 0 Å². The maximum Gasteiger partial charge on any atom is 0.143 e. The molecule has 76 heavy (non-hydrogen) atoms. The van der Waals surface area contributed by atoms with Crippen LogP contribution in [0.1, 0.15) is 135 Å². The van der Waals surface area contributed by atoms with Crippen molar-refractivity contribution in [2.45, 2.75) is 129 Å². The molecule has 0 atom stereocenters. The van der Waals surface area contributed by atoms with E-state index in [-0.39, 0.29) is 27.3 Å². The van der Waals surface area contributed by atoms with Gasteiger partial charge in [-0.25, -0.2) is 0 Å². The van der Waals surface area contributed by atoms with Crippen LogP contribution < -0.4 is 9.80 Å². The molecule has 2 heterocycles. The number of hydrogen-bond acceptors (Lipinski definition) is 4. The summed E-state index contributed by atoms with van der Waals surface area (Å²) < 4.78 is 14.6. The van der Waals surface area contributed by atoms with Crippen LogP contribution in [0, 0.1) is 23.7 Å². The van der Waals surface area contributed by atoms with Gasteiger partial charge in [0.15, 0.2) is 0 Å². The van der Waals surface area contributed by atoms with Gasteiger partial charge in [-0.15, -0.1) is 0 Å². The molecule has 2 aromatic heterocycles. The summed E-state index contributed by atoms with van der Waals surface area (Å²) in [6, 6.07) is 64.1. The zero-order chi connectivity index (χ0) is 52.3. The average molecular weight is 997 g/mol. The summed E-state index contributed by atoms with van der Waals surface area (Å²) in [5, 5.41) is 4.73. The second kappa shape index (κ2) is 16.5. The van der Waals surface area contributed by atoms with Crippen molar-refractivity contribution in [3.05, 3.63) is 203 Å². The highest BCUT2D eigenvalue weighted by Crippen LogP contribution is 2.70. The third-order valence-corrected chi connectivity index (χ3v) is 19.4. The van der Waals surface area contributed by atoms with Crippen molar-refractivity contribution in [3.8, 4) is 11.1 Å². The van der Waals surface area contributed by atoms with E-state index < -0.39 is 0 Å². The van der Waals surface area contributed by atoms with Gasteiger partial charge in [-0.05, 0) is 194 Å². The van der Waals surface area contributed by atoms with E-state index in [2.05, 4.69) is 249 Å². The largest absolute Gasteiger partial charge is 0.456 e. The number of benzene rings is 8. The molecule has 8 aromatic carbocycles. The van der Waals surface area contributed by atoms with Crippen molar-refractivity contribution in [2.24, 2.45) is 23.7 Å². The van der Waals surface area contributed by atoms with Gasteiger partial charge in [0.1, 0.15) is 22.3 Å². The van der Waals surface area contributed by atoms with Crippen LogP contribution in [0.5, 0.6) is 0 Å². The lowest BCUT2D eigenvalue weighted by atomic mass is 9.43. The number of rotatable bonds is 8. The Morgan fingerprint density at radius 3 is 1.30 bits per heavy atom. The molecule has 4 saturated carbocycles. The summed E-state index contributed by atoms with van der Waals surface area (Å²) in [7, 11) is 0. The van der Waals surface area contributed by atoms with E-state index in [0.717, 1.165) is 62.3 Å². The highest BCUT2D eigenvalue weighted by molar-refractivity contribution is 6.15. The summed E-state index contributed by atoms with van der Waals surface area (Å²) in [5.74, 6) is 2.89. The van der Waals surface area contributed by atoms with Gasteiger partial charge in [0.2, 0.25) is 0 Å². The molecule has 0 radical (unpaired) electrons. The molecule has 0 unspecified atom stereocenters. The predicted molar refractivity (Wildman–Crippen MR) is 318 cm³/mol. The average Bonchev–Trinajstić information content (AvgIpc) is 4.26. The van der Waals surface area contributed by atoms with Gasteiger partial charge in [0.05, 0.1) is 11.1 Å². The second-order valence-electron chi connectivity index (χ2n) is 26.6. The normalized spacial score (nSPS) is 21.1. The van der Waals surface area contributed by atoms with Crippen molar-refractivity contribution in [3.63, 3.8) is 0 Å². The van der Waals surface area contributed by atoms with Gasteiger partial charge in [-0.2, -0.15) is 0 Å². The van der Waals surface area contributed by atoms with Crippen LogP contribution >= 0.6 is 0 Å². The minimum Gasteiger partial charge on any atom is -0.456 e. The Bertz CT molecular complexity index is 3870. The van der Waals surface area contributed by atoms with Crippen LogP contribution in [0.15, 0.2) is 179 Å². The standard InChI is InChI=1S/C72H72N2O2/c1-68(2,3)46-21-25-52(26-22-46)73(70(7,8)48-17-13-11-14-18-48)54-30-32-57-59-42-62-60(43-65(59)75-63(57)40-54)66-61(72(62)50-36-44-35-45(38-50)39-51(72)37-44)34-33-58-56-31-29-55(41-64(56)76-67(58)66)74(71(9,10)49-19-15-12-16-20-49)53-27-23-47(24-28-53)69(4,5)6/h11-34,40-45,50-51H,35-39H2,1-10H3. The van der Waals surface area contributed by atoms with Crippen molar-refractivity contribution < 1.29 is 8.83 Å². The molecule has 0 N–H and O–H groups in total. The lowest BCUT2D eigenvalue weighted by Crippen LogP contribution is -2.55. The topological polar surface area (TPSA) is 32.8 Å². The van der Waals surface area contributed by atoms with Crippen LogP contribution in [0.4, 0.5) is 22.7 Å². The molecule has 0 aliphatic heterocycles. The van der Waals surface area contributed by atoms with E-state index in [1.807, 2.05) is 0 Å². The van der Waals surface area contributed by atoms with E-state index in [1.165, 1.54) is 92.8 Å². The predicted octanol–water partition coefficient (Wildman–Crippen LogP) is 19.9. The summed E-state index contributed by atoms with van der Waals surface area (Å²) in [6.07, 6.45) is 6.67. The fraction of sp³-hybridized carbons (Fsp3) is 0.333. The SMILES string of the molecule is CC(C)(C)c1ccc(N(c2ccc3c(c2)oc2cc4c(cc23)C2(c3ccc5c(oc6cc(N(c7ccc(C(C)(C)C)cc7)C(C)(C)c7ccccc7)ccc65)c3-4)C3CC4CC(C3)CC2C4)C(C)(C)c2ccccc2)cc1. The fourth-order valence-corrected chi connectivity index (χ4v) is 15.8. The first-order chi connectivity index (χ1) is 36.4. The van der Waals surface area contributed by atoms with Crippen LogP contribution in [0.2, 0.25) is 0 Å². The van der Waals surface area contributed by atoms with Crippen LogP contribution in [-0.4, -0.2) is 0 Å². The highest BCUT2D eigenvalue weighted by atomic mass is 16.3. The van der Waals surface area contributed by atoms with Crippen LogP contribution in [-0.2, 0) is 27.3 Å². The van der Waals surface area contributed by atoms with Crippen molar-refractivity contribution in [1.82, 2.24) is 0 Å². The monoisotopic (exact) mass is 997 g/mol. The minimum atomic E-state index is -0.372. The van der Waals surface area contributed by atoms with Gasteiger partial charge < -0.3 is 18.6 Å². The first-order valence-electron chi connectivity index (χ1n) is 28.3. The first-order valence-corrected chi connectivity index (χ1v) is 28.3. The van der Waals surface area contributed by atoms with E-state index in [1.54, 1.807) is 0 Å². The molecule has 0 saturated heterocycles. The van der Waals surface area contributed by atoms with E-state index in [0.29, 0.717) is 11.8 Å². The molecule has 382 valence electrons. The van der Waals surface area contributed by atoms with Gasteiger partial charge in [-0.3, -0.25) is 0 Å². The number of furan rings is 2. The Morgan fingerprint density at radius 1 is 0.382 bits per heavy atom. The zero-order valence-electron chi connectivity index (χ0n) is 46.2. The molecule has 10 aromatic rings. The molecular formula is C72H72N2O2. The lowest BCUT2D eigenvalue weighted by molar-refractivity contribution is -0.0398. The zero-order valence-corrected chi connectivity index (χ0v) is 46.2. The van der Waals surface area contributed by atoms with E-state index in [4.69, 9.17) is 8.83 Å². The number of nitrogens with zero attached hydrogens (tertiary/aromatic N) is 2. The third-order valence-electron chi connectivity index (χ3n) is 19.4. The lowest BCUT2D eigenvalue weighted by Gasteiger charge is -2.61. The van der Waals surface area contributed by atoms with Crippen LogP contribution in [0.3, 0.4) is 0 Å². The molecular weight excluding hydrogens is 925 g/mol. The summed E-state index contributed by atoms with van der Waals surface area (Å²) in [4.78, 5) is 4.99. The van der Waals surface area contributed by atoms with Gasteiger partial charge in [-0.1, -0.05) is 139 Å². The highest BCUT2D eigenvalue weighted by Gasteiger charge is 2.62. The Balaban J connectivity index is 0.943. The fourth-order valence-electron chi connectivity index (χ4n) is 15.8. The Hall–Kier alpha value is -7.04. The maximum absolute atomic E-state index is 7.43. The number of anilines is 4. The second-order valence-corrected chi connectivity index (χ2v) is 26.6. The van der Waals surface area contributed by atoms with Gasteiger partial charge >= 0.3 is 0 Å². The summed E-state index contributed by atoms with van der Waals surface area (Å²) >= 11 is 0. The quantitative estimate of drug-likeness (QED) is 0.152. The van der Waals surface area contributed by atoms with Gasteiger partial charge in [0.25, 0.3) is 0 Å². The molecule has 4 heteroatoms. The molecule has 5 aliphatic rings. The van der Waals surface area contributed by atoms with Crippen molar-refractivity contribution >= 4 is 66.6 Å². The summed E-state index contributed by atoms with van der Waals surface area (Å²) in [5.41, 5.74) is 18.4. The molecule has 4 nitrogen and oxygen atoms in total. The molecule has 4 bridgehead atoms. The molecule has 1 spiro atoms. The molecule has 15 rings (SSSR count). The first kappa shape index (κ1) is 47.4. The minimum absolute atomic E-state index is 0.0560. The molecule has 0 amide bonds. The van der Waals surface area contributed by atoms with E-state index >= 15 is 0 Å². The number of fused-ring (bicyclic) bond motifs is 10. The Morgan fingerprint density at radius 2 is 0.816 bits per heavy atom. The van der Waals surface area contributed by atoms with Crippen molar-refractivity contribution in [1.29, 1.82) is 0 Å². The molecule has 5 aliphatic carbocycles. The summed E-state index contributed by atoms with van der Waals surface area (Å²) in [6.45, 7) is 23.1. The number of hydrogen-bond donors (Lipinski definition) is 0. The van der Waals surface area contributed by atoms with Crippen LogP contribution in [0.25, 0.3) is 55.0 Å². The smallest absolute Gasteiger partial charge is 0.143 e. The van der Waals surface area contributed by atoms with Crippen molar-refractivity contribution in [2.75, 3.05) is 9.80 Å².